The van der Waals surface area contributed by atoms with Crippen molar-refractivity contribution in [1.82, 2.24) is 9.13 Å². The van der Waals surface area contributed by atoms with Crippen LogP contribution in [0.1, 0.15) is 122 Å². The van der Waals surface area contributed by atoms with Crippen molar-refractivity contribution in [2.45, 2.75) is 77.0 Å². The fourth-order valence-corrected chi connectivity index (χ4v) is 16.9. The van der Waals surface area contributed by atoms with Crippen LogP contribution in [-0.2, 0) is 21.7 Å². The highest BCUT2D eigenvalue weighted by Crippen LogP contribution is 2.55. The van der Waals surface area contributed by atoms with Crippen LogP contribution in [0.3, 0.4) is 0 Å². The molecule has 2 heterocycles. The second kappa shape index (κ2) is 18.6. The Morgan fingerprint density at radius 2 is 0.511 bits per heavy atom. The Morgan fingerprint density at radius 1 is 0.222 bits per heavy atom. The van der Waals surface area contributed by atoms with Crippen LogP contribution in [0, 0.1) is 0 Å². The van der Waals surface area contributed by atoms with Crippen LogP contribution in [0.25, 0.3) is 135 Å². The first-order valence-corrected chi connectivity index (χ1v) is 32.1. The highest BCUT2D eigenvalue weighted by molar-refractivity contribution is 6.11. The minimum absolute atomic E-state index is 0.0670. The second-order valence-corrected chi connectivity index (χ2v) is 28.1. The van der Waals surface area contributed by atoms with E-state index in [1.54, 1.807) is 0 Å². The summed E-state index contributed by atoms with van der Waals surface area (Å²) in [7, 11) is 0. The average molecular weight is 1150 g/mol. The molecular formula is C88H68N2. The van der Waals surface area contributed by atoms with Crippen LogP contribution in [0.4, 0.5) is 0 Å². The first-order valence-electron chi connectivity index (χ1n) is 32.1. The first kappa shape index (κ1) is 52.8. The SMILES string of the molecule is CC1(C)c2cc(/C=C/c3ccc4c(c3)c3ccccc3n4-c3ccc4c(c3)C(C)(C)c3ccccc3-4)ccc2-c2ccc(-c3ccc4c(c3)C(C)(C)c3cc(/C=C/c5ccc6c(c5)c5ccccc5n6-c5ccc6c(c5)C(C)(C)c5ccccc5-6)ccc3-4)cc21. The lowest BCUT2D eigenvalue weighted by molar-refractivity contribution is 0.659. The van der Waals surface area contributed by atoms with Gasteiger partial charge < -0.3 is 9.13 Å². The Hall–Kier alpha value is -10.3. The smallest absolute Gasteiger partial charge is 0.0541 e. The highest BCUT2D eigenvalue weighted by Gasteiger charge is 2.40. The molecule has 0 bridgehead atoms. The van der Waals surface area contributed by atoms with E-state index in [0.717, 1.165) is 0 Å². The molecular weight excluding hydrogens is 1080 g/mol. The Labute approximate surface area is 527 Å². The summed E-state index contributed by atoms with van der Waals surface area (Å²) in [6.45, 7) is 19.1. The summed E-state index contributed by atoms with van der Waals surface area (Å²) in [5.74, 6) is 0. The third-order valence-electron chi connectivity index (χ3n) is 21.7. The molecule has 12 aromatic carbocycles. The molecule has 0 atom stereocenters. The molecule has 430 valence electrons. The van der Waals surface area contributed by atoms with Crippen molar-refractivity contribution in [3.05, 3.63) is 309 Å². The number of nitrogens with zero attached hydrogens (tertiary/aromatic N) is 2. The van der Waals surface area contributed by atoms with Gasteiger partial charge in [-0.3, -0.25) is 0 Å². The van der Waals surface area contributed by atoms with Crippen molar-refractivity contribution < 1.29 is 0 Å². The van der Waals surface area contributed by atoms with Gasteiger partial charge in [0.05, 0.1) is 22.1 Å². The summed E-state index contributed by atoms with van der Waals surface area (Å²) in [6, 6.07) is 92.2. The third kappa shape index (κ3) is 7.45. The predicted octanol–water partition coefficient (Wildman–Crippen LogP) is 23.1. The van der Waals surface area contributed by atoms with E-state index in [1.807, 2.05) is 0 Å². The average Bonchev–Trinajstić information content (AvgIpc) is 1.62. The molecule has 0 unspecified atom stereocenters. The van der Waals surface area contributed by atoms with E-state index in [2.05, 4.69) is 331 Å². The van der Waals surface area contributed by atoms with E-state index in [9.17, 15) is 0 Å². The van der Waals surface area contributed by atoms with Gasteiger partial charge >= 0.3 is 0 Å². The van der Waals surface area contributed by atoms with Gasteiger partial charge in [0.15, 0.2) is 0 Å². The topological polar surface area (TPSA) is 9.86 Å². The van der Waals surface area contributed by atoms with Crippen LogP contribution in [0.5, 0.6) is 0 Å². The quantitative estimate of drug-likeness (QED) is 0.141. The number of hydrogen-bond acceptors (Lipinski definition) is 0. The highest BCUT2D eigenvalue weighted by atomic mass is 15.0. The lowest BCUT2D eigenvalue weighted by Gasteiger charge is -2.23. The van der Waals surface area contributed by atoms with Crippen molar-refractivity contribution in [2.75, 3.05) is 0 Å². The molecule has 0 fully saturated rings. The van der Waals surface area contributed by atoms with Gasteiger partial charge in [-0.1, -0.05) is 250 Å². The summed E-state index contributed by atoms with van der Waals surface area (Å²) in [6.07, 6.45) is 9.17. The standard InChI is InChI=1S/C88H68N2/c1-85(2)73-21-13-9-17-61(73)67-41-35-59(51-79(67)85)89-81-23-15-11-19-69(81)71-45-53(31-43-83(71)89)25-27-55-29-37-63-65-39-33-57(49-77(65)87(5,6)75(63)47-55)58-34-40-66-64-38-30-56(48-76(64)88(7,8)78(66)50-58)28-26-54-32-44-84-72(46-54)70-20-12-16-24-82(70)90(84)60-36-42-68-62-18-10-14-22-74(62)86(3,4)80(68)52-60/h9-52H,1-8H3/b27-25+,28-26+. The van der Waals surface area contributed by atoms with Gasteiger partial charge in [0.25, 0.3) is 0 Å². The number of fused-ring (bicyclic) bond motifs is 18. The van der Waals surface area contributed by atoms with Gasteiger partial charge in [-0.25, -0.2) is 0 Å². The minimum atomic E-state index is -0.171. The number of aromatic nitrogens is 2. The number of rotatable bonds is 7. The third-order valence-corrected chi connectivity index (χ3v) is 21.7. The largest absolute Gasteiger partial charge is 0.309 e. The summed E-state index contributed by atoms with van der Waals surface area (Å²) >= 11 is 0. The van der Waals surface area contributed by atoms with E-state index in [1.165, 1.54) is 177 Å². The monoisotopic (exact) mass is 1150 g/mol. The van der Waals surface area contributed by atoms with Crippen LogP contribution < -0.4 is 0 Å². The van der Waals surface area contributed by atoms with Crippen molar-refractivity contribution >= 4 is 67.9 Å². The number of benzene rings is 12. The zero-order valence-electron chi connectivity index (χ0n) is 52.3. The molecule has 0 amide bonds. The molecule has 0 radical (unpaired) electrons. The van der Waals surface area contributed by atoms with E-state index in [-0.39, 0.29) is 21.7 Å². The Balaban J connectivity index is 0.601. The molecule has 14 aromatic rings. The molecule has 4 aliphatic rings. The van der Waals surface area contributed by atoms with Crippen molar-refractivity contribution in [3.63, 3.8) is 0 Å². The fourth-order valence-electron chi connectivity index (χ4n) is 16.9. The van der Waals surface area contributed by atoms with E-state index in [4.69, 9.17) is 0 Å². The summed E-state index contributed by atoms with van der Waals surface area (Å²) < 4.78 is 4.91. The van der Waals surface area contributed by atoms with Gasteiger partial charge in [0.1, 0.15) is 0 Å². The Morgan fingerprint density at radius 3 is 0.933 bits per heavy atom. The van der Waals surface area contributed by atoms with Gasteiger partial charge in [0.2, 0.25) is 0 Å². The van der Waals surface area contributed by atoms with E-state index in [0.29, 0.717) is 0 Å². The predicted molar refractivity (Wildman–Crippen MR) is 382 cm³/mol. The Kier molecular flexibility index (Phi) is 10.9. The van der Waals surface area contributed by atoms with Crippen LogP contribution in [0.15, 0.2) is 243 Å². The molecule has 2 heteroatoms. The molecule has 0 spiro atoms. The molecule has 0 N–H and O–H groups in total. The second-order valence-electron chi connectivity index (χ2n) is 28.1. The lowest BCUT2D eigenvalue weighted by Crippen LogP contribution is -2.15. The fraction of sp³-hybridized carbons (Fsp3) is 0.136. The molecule has 0 aliphatic heterocycles. The molecule has 4 aliphatic carbocycles. The molecule has 90 heavy (non-hydrogen) atoms. The van der Waals surface area contributed by atoms with E-state index < -0.39 is 0 Å². The maximum Gasteiger partial charge on any atom is 0.0541 e. The molecule has 0 saturated carbocycles. The zero-order chi connectivity index (χ0) is 60.7. The van der Waals surface area contributed by atoms with Crippen LogP contribution in [0.2, 0.25) is 0 Å². The molecule has 2 nitrogen and oxygen atoms in total. The van der Waals surface area contributed by atoms with Gasteiger partial charge in [-0.2, -0.15) is 0 Å². The van der Waals surface area contributed by atoms with Gasteiger partial charge in [-0.15, -0.1) is 0 Å². The van der Waals surface area contributed by atoms with Crippen LogP contribution >= 0.6 is 0 Å². The number of para-hydroxylation sites is 2. The van der Waals surface area contributed by atoms with Gasteiger partial charge in [0, 0.05) is 54.6 Å². The summed E-state index contributed by atoms with van der Waals surface area (Å²) in [5, 5.41) is 5.06. The molecule has 0 saturated heterocycles. The van der Waals surface area contributed by atoms with E-state index >= 15 is 0 Å². The maximum atomic E-state index is 2.47. The normalized spacial score (nSPS) is 15.6. The number of hydrogen-bond donors (Lipinski definition) is 0. The van der Waals surface area contributed by atoms with Crippen molar-refractivity contribution in [3.8, 4) is 67.0 Å². The Bertz CT molecular complexity index is 5200. The lowest BCUT2D eigenvalue weighted by atomic mass is 9.80. The summed E-state index contributed by atoms with van der Waals surface area (Å²) in [4.78, 5) is 0. The maximum absolute atomic E-state index is 2.47. The van der Waals surface area contributed by atoms with Crippen molar-refractivity contribution in [2.24, 2.45) is 0 Å². The van der Waals surface area contributed by atoms with Crippen LogP contribution in [-0.4, -0.2) is 9.13 Å². The summed E-state index contributed by atoms with van der Waals surface area (Å²) in [5.41, 5.74) is 36.0. The minimum Gasteiger partial charge on any atom is -0.309 e. The first-order chi connectivity index (χ1) is 43.6. The zero-order valence-corrected chi connectivity index (χ0v) is 52.3. The van der Waals surface area contributed by atoms with Crippen molar-refractivity contribution in [1.29, 1.82) is 0 Å². The molecule has 18 rings (SSSR count). The molecule has 2 aromatic heterocycles. The van der Waals surface area contributed by atoms with Gasteiger partial charge in [-0.05, 0) is 195 Å².